The third kappa shape index (κ3) is 3.14. The lowest BCUT2D eigenvalue weighted by Crippen LogP contribution is -2.27. The van der Waals surface area contributed by atoms with Crippen LogP contribution in [0.25, 0.3) is 0 Å². The molecule has 5 nitrogen and oxygen atoms in total. The second kappa shape index (κ2) is 5.20. The molecule has 0 fully saturated rings. The highest BCUT2D eigenvalue weighted by atomic mass is 32.3. The highest BCUT2D eigenvalue weighted by Gasteiger charge is 2.32. The van der Waals surface area contributed by atoms with Crippen LogP contribution in [0.3, 0.4) is 0 Å². The molecule has 0 saturated carbocycles. The Hall–Kier alpha value is -1.95. The Balaban J connectivity index is 2.43. The second-order valence-electron chi connectivity index (χ2n) is 4.95. The molecule has 0 N–H and O–H groups in total. The number of hydrogen-bond acceptors (Lipinski definition) is 5. The van der Waals surface area contributed by atoms with Gasteiger partial charge in [0.2, 0.25) is 5.75 Å². The molecule has 0 aliphatic carbocycles. The van der Waals surface area contributed by atoms with E-state index in [1.165, 1.54) is 0 Å². The first-order valence-corrected chi connectivity index (χ1v) is 7.42. The fourth-order valence-electron chi connectivity index (χ4n) is 2.01. The first kappa shape index (κ1) is 14.5. The molecule has 108 valence electrons. The summed E-state index contributed by atoms with van der Waals surface area (Å²) in [5.41, 5.74) is 2.55. The van der Waals surface area contributed by atoms with Gasteiger partial charge in [0.1, 0.15) is 0 Å². The van der Waals surface area contributed by atoms with E-state index >= 15 is 0 Å². The zero-order chi connectivity index (χ0) is 14.9. The van der Waals surface area contributed by atoms with Crippen LogP contribution < -0.4 is 13.3 Å². The molecule has 0 aromatic heterocycles. The number of nitrogens with zero attached hydrogens (tertiary/aromatic N) is 1. The molecule has 1 aliphatic heterocycles. The highest BCUT2D eigenvalue weighted by Crippen LogP contribution is 2.43. The third-order valence-electron chi connectivity index (χ3n) is 2.60. The highest BCUT2D eigenvalue weighted by molar-refractivity contribution is 7.82. The van der Waals surface area contributed by atoms with Crippen molar-refractivity contribution in [3.63, 3.8) is 0 Å². The molecule has 6 heteroatoms. The Morgan fingerprint density at radius 2 is 1.75 bits per heavy atom. The maximum atomic E-state index is 11.4. The molecule has 1 aromatic rings. The van der Waals surface area contributed by atoms with Crippen LogP contribution >= 0.6 is 0 Å². The van der Waals surface area contributed by atoms with Gasteiger partial charge in [-0.25, -0.2) is 0 Å². The molecule has 0 amide bonds. The Labute approximate surface area is 119 Å². The summed E-state index contributed by atoms with van der Waals surface area (Å²) in [5.74, 6) is 0.422. The van der Waals surface area contributed by atoms with Gasteiger partial charge in [-0.3, -0.25) is 0 Å². The van der Waals surface area contributed by atoms with Gasteiger partial charge in [0, 0.05) is 13.1 Å². The molecular formula is C14H17NO4S. The smallest absolute Gasteiger partial charge is 0.360 e. The molecule has 20 heavy (non-hydrogen) atoms. The van der Waals surface area contributed by atoms with Crippen molar-refractivity contribution in [2.75, 3.05) is 18.0 Å². The molecule has 2 rings (SSSR count). The minimum atomic E-state index is -3.99. The summed E-state index contributed by atoms with van der Waals surface area (Å²) >= 11 is 0. The summed E-state index contributed by atoms with van der Waals surface area (Å²) in [7, 11) is -3.99. The Morgan fingerprint density at radius 3 is 2.30 bits per heavy atom. The lowest BCUT2D eigenvalue weighted by molar-refractivity contribution is 0.436. The van der Waals surface area contributed by atoms with E-state index in [4.69, 9.17) is 8.37 Å². The molecule has 0 bridgehead atoms. The molecule has 0 spiro atoms. The summed E-state index contributed by atoms with van der Waals surface area (Å²) in [6, 6.07) is 5.07. The van der Waals surface area contributed by atoms with Crippen molar-refractivity contribution in [1.82, 2.24) is 0 Å². The minimum Gasteiger partial charge on any atom is -0.360 e. The quantitative estimate of drug-likeness (QED) is 0.782. The van der Waals surface area contributed by atoms with Gasteiger partial charge in [-0.2, -0.15) is 0 Å². The van der Waals surface area contributed by atoms with Gasteiger partial charge < -0.3 is 13.3 Å². The van der Waals surface area contributed by atoms with Crippen molar-refractivity contribution in [2.24, 2.45) is 0 Å². The molecule has 1 aliphatic rings. The van der Waals surface area contributed by atoms with Gasteiger partial charge in [-0.1, -0.05) is 30.4 Å². The maximum absolute atomic E-state index is 11.4. The summed E-state index contributed by atoms with van der Waals surface area (Å²) in [6.07, 6.45) is 0. The van der Waals surface area contributed by atoms with Crippen LogP contribution in [0.1, 0.15) is 13.8 Å². The standard InChI is InChI=1S/C14H17NO4S/c1-10(2)8-15(9-11(3)4)12-6-5-7-13-14(12)19-20(16,17)18-13/h5-7H,1,3,8-9H2,2,4H3. The second-order valence-corrected chi connectivity index (χ2v) is 6.10. The Morgan fingerprint density at radius 1 is 1.15 bits per heavy atom. The van der Waals surface area contributed by atoms with Crippen LogP contribution in [-0.4, -0.2) is 21.5 Å². The zero-order valence-corrected chi connectivity index (χ0v) is 12.4. The summed E-state index contributed by atoms with van der Waals surface area (Å²) < 4.78 is 32.5. The third-order valence-corrected chi connectivity index (χ3v) is 3.35. The molecular weight excluding hydrogens is 278 g/mol. The number of para-hydroxylation sites is 1. The van der Waals surface area contributed by atoms with Crippen molar-refractivity contribution >= 4 is 16.1 Å². The maximum Gasteiger partial charge on any atom is 0.501 e. The zero-order valence-electron chi connectivity index (χ0n) is 11.5. The fraction of sp³-hybridized carbons (Fsp3) is 0.286. The van der Waals surface area contributed by atoms with Crippen molar-refractivity contribution in [3.8, 4) is 11.5 Å². The number of fused-ring (bicyclic) bond motifs is 1. The average Bonchev–Trinajstić information content (AvgIpc) is 2.60. The van der Waals surface area contributed by atoms with E-state index in [0.29, 0.717) is 18.8 Å². The van der Waals surface area contributed by atoms with E-state index in [0.717, 1.165) is 11.1 Å². The largest absolute Gasteiger partial charge is 0.501 e. The molecule has 1 heterocycles. The Kier molecular flexibility index (Phi) is 3.76. The van der Waals surface area contributed by atoms with Gasteiger partial charge in [-0.05, 0) is 26.0 Å². The molecule has 0 unspecified atom stereocenters. The SMILES string of the molecule is C=C(C)CN(CC(=C)C)c1cccc2c1OS(=O)(=O)O2. The molecule has 1 aromatic carbocycles. The first-order valence-electron chi connectivity index (χ1n) is 6.09. The van der Waals surface area contributed by atoms with Crippen molar-refractivity contribution < 1.29 is 16.8 Å². The monoisotopic (exact) mass is 295 g/mol. The van der Waals surface area contributed by atoms with Gasteiger partial charge in [0.05, 0.1) is 5.69 Å². The summed E-state index contributed by atoms with van der Waals surface area (Å²) in [4.78, 5) is 1.95. The molecule has 0 atom stereocenters. The van der Waals surface area contributed by atoms with Crippen molar-refractivity contribution in [1.29, 1.82) is 0 Å². The van der Waals surface area contributed by atoms with Crippen LogP contribution in [0.15, 0.2) is 42.5 Å². The van der Waals surface area contributed by atoms with Gasteiger partial charge in [0.25, 0.3) is 0 Å². The van der Waals surface area contributed by atoms with Crippen molar-refractivity contribution in [3.05, 3.63) is 42.5 Å². The predicted molar refractivity (Wildman–Crippen MR) is 78.5 cm³/mol. The van der Waals surface area contributed by atoms with E-state index in [2.05, 4.69) is 13.2 Å². The summed E-state index contributed by atoms with van der Waals surface area (Å²) in [5, 5.41) is 0. The lowest BCUT2D eigenvalue weighted by Gasteiger charge is -2.25. The average molecular weight is 295 g/mol. The van der Waals surface area contributed by atoms with Gasteiger partial charge in [0.15, 0.2) is 5.75 Å². The Bertz CT molecular complexity index is 648. The van der Waals surface area contributed by atoms with Crippen molar-refractivity contribution in [2.45, 2.75) is 13.8 Å². The fourth-order valence-corrected chi connectivity index (χ4v) is 2.77. The number of hydrogen-bond donors (Lipinski definition) is 0. The van der Waals surface area contributed by atoms with E-state index in [-0.39, 0.29) is 11.5 Å². The van der Waals surface area contributed by atoms with Crippen LogP contribution in [0, 0.1) is 0 Å². The number of rotatable bonds is 5. The van der Waals surface area contributed by atoms with Crippen LogP contribution in [0.5, 0.6) is 11.5 Å². The lowest BCUT2D eigenvalue weighted by atomic mass is 10.2. The van der Waals surface area contributed by atoms with Crippen LogP contribution in [0.4, 0.5) is 5.69 Å². The van der Waals surface area contributed by atoms with E-state index in [1.54, 1.807) is 18.2 Å². The first-order chi connectivity index (χ1) is 9.28. The normalized spacial score (nSPS) is 14.9. The number of benzene rings is 1. The summed E-state index contributed by atoms with van der Waals surface area (Å²) in [6.45, 7) is 12.7. The van der Waals surface area contributed by atoms with Gasteiger partial charge >= 0.3 is 10.4 Å². The van der Waals surface area contributed by atoms with Crippen LogP contribution in [-0.2, 0) is 10.4 Å². The minimum absolute atomic E-state index is 0.205. The predicted octanol–water partition coefficient (Wildman–Crippen LogP) is 2.66. The topological polar surface area (TPSA) is 55.8 Å². The number of anilines is 1. The van der Waals surface area contributed by atoms with E-state index in [9.17, 15) is 8.42 Å². The molecule has 0 radical (unpaired) electrons. The van der Waals surface area contributed by atoms with E-state index in [1.807, 2.05) is 18.7 Å². The molecule has 0 saturated heterocycles. The van der Waals surface area contributed by atoms with Gasteiger partial charge in [-0.15, -0.1) is 8.42 Å². The van der Waals surface area contributed by atoms with Crippen LogP contribution in [0.2, 0.25) is 0 Å². The van der Waals surface area contributed by atoms with E-state index < -0.39 is 10.4 Å².